The van der Waals surface area contributed by atoms with E-state index < -0.39 is 0 Å². The number of amides is 2. The van der Waals surface area contributed by atoms with Crippen LogP contribution in [0.2, 0.25) is 0 Å². The first-order valence-electron chi connectivity index (χ1n) is 10.6. The topological polar surface area (TPSA) is 89.5 Å². The van der Waals surface area contributed by atoms with Crippen molar-refractivity contribution < 1.29 is 19.1 Å². The van der Waals surface area contributed by atoms with Crippen LogP contribution in [-0.4, -0.2) is 36.8 Å². The van der Waals surface area contributed by atoms with Crippen molar-refractivity contribution in [3.05, 3.63) is 83.7 Å². The van der Waals surface area contributed by atoms with Crippen molar-refractivity contribution in [1.29, 1.82) is 0 Å². The molecule has 0 saturated heterocycles. The molecule has 4 rings (SSSR count). The van der Waals surface area contributed by atoms with Crippen LogP contribution in [0.5, 0.6) is 11.5 Å². The number of carbonyl (C=O) groups excluding carboxylic acids is 2. The van der Waals surface area contributed by atoms with Gasteiger partial charge in [-0.1, -0.05) is 6.07 Å². The molecule has 178 valence electrons. The summed E-state index contributed by atoms with van der Waals surface area (Å²) in [6.45, 7) is 0. The molecule has 0 aliphatic heterocycles. The molecule has 3 aromatic carbocycles. The van der Waals surface area contributed by atoms with Crippen molar-refractivity contribution in [2.24, 2.45) is 0 Å². The number of nitrogens with one attached hydrogen (secondary N) is 2. The number of hydrogen-bond acceptors (Lipinski definition) is 7. The first-order valence-corrected chi connectivity index (χ1v) is 12.5. The maximum absolute atomic E-state index is 12.5. The number of benzene rings is 3. The summed E-state index contributed by atoms with van der Waals surface area (Å²) in [6, 6.07) is 21.9. The standard InChI is InChI=1S/C26H23N3O4S2/c1-32-20-10-6-17(7-11-20)23-15-35-26(28-23)29-24(30)16-34-22-5-3-4-19(14-22)27-25(31)18-8-12-21(33-2)13-9-18/h3-15H,16H2,1-2H3,(H,27,31)(H,28,29,30). The van der Waals surface area contributed by atoms with E-state index >= 15 is 0 Å². The van der Waals surface area contributed by atoms with Gasteiger partial charge in [0.05, 0.1) is 25.7 Å². The molecular weight excluding hydrogens is 482 g/mol. The SMILES string of the molecule is COc1ccc(C(=O)Nc2cccc(SCC(=O)Nc3nc(-c4ccc(OC)cc4)cs3)c2)cc1. The highest BCUT2D eigenvalue weighted by atomic mass is 32.2. The van der Waals surface area contributed by atoms with Gasteiger partial charge in [-0.05, 0) is 66.7 Å². The van der Waals surface area contributed by atoms with Crippen LogP contribution in [0.15, 0.2) is 83.1 Å². The van der Waals surface area contributed by atoms with Gasteiger partial charge >= 0.3 is 0 Å². The summed E-state index contributed by atoms with van der Waals surface area (Å²) in [6.07, 6.45) is 0. The van der Waals surface area contributed by atoms with Crippen molar-refractivity contribution in [2.45, 2.75) is 4.90 Å². The minimum Gasteiger partial charge on any atom is -0.497 e. The van der Waals surface area contributed by atoms with Crippen molar-refractivity contribution in [3.63, 3.8) is 0 Å². The highest BCUT2D eigenvalue weighted by Gasteiger charge is 2.10. The van der Waals surface area contributed by atoms with Gasteiger partial charge in [0.1, 0.15) is 11.5 Å². The number of methoxy groups -OCH3 is 2. The Bertz CT molecular complexity index is 1300. The van der Waals surface area contributed by atoms with Gasteiger partial charge in [0.2, 0.25) is 5.91 Å². The Kier molecular flexibility index (Phi) is 8.02. The van der Waals surface area contributed by atoms with E-state index in [0.29, 0.717) is 22.1 Å². The van der Waals surface area contributed by atoms with E-state index in [9.17, 15) is 9.59 Å². The zero-order chi connectivity index (χ0) is 24.6. The van der Waals surface area contributed by atoms with E-state index in [1.807, 2.05) is 53.9 Å². The number of rotatable bonds is 9. The van der Waals surface area contributed by atoms with Gasteiger partial charge in [0.25, 0.3) is 5.91 Å². The second kappa shape index (κ2) is 11.5. The van der Waals surface area contributed by atoms with Gasteiger partial charge in [-0.15, -0.1) is 23.1 Å². The van der Waals surface area contributed by atoms with E-state index in [0.717, 1.165) is 21.9 Å². The first kappa shape index (κ1) is 24.3. The van der Waals surface area contributed by atoms with Crippen LogP contribution in [0, 0.1) is 0 Å². The van der Waals surface area contributed by atoms with E-state index in [1.54, 1.807) is 38.5 Å². The molecule has 9 heteroatoms. The lowest BCUT2D eigenvalue weighted by molar-refractivity contribution is -0.113. The summed E-state index contributed by atoms with van der Waals surface area (Å²) in [7, 11) is 3.20. The van der Waals surface area contributed by atoms with Gasteiger partial charge in [-0.25, -0.2) is 4.98 Å². The Morgan fingerprint density at radius 2 is 1.60 bits per heavy atom. The normalized spacial score (nSPS) is 10.5. The van der Waals surface area contributed by atoms with E-state index in [2.05, 4.69) is 15.6 Å². The van der Waals surface area contributed by atoms with E-state index in [4.69, 9.17) is 9.47 Å². The van der Waals surface area contributed by atoms with Crippen LogP contribution in [0.4, 0.5) is 10.8 Å². The Morgan fingerprint density at radius 1 is 0.914 bits per heavy atom. The van der Waals surface area contributed by atoms with Crippen molar-refractivity contribution in [3.8, 4) is 22.8 Å². The van der Waals surface area contributed by atoms with Crippen molar-refractivity contribution >= 4 is 45.7 Å². The van der Waals surface area contributed by atoms with Crippen LogP contribution in [0.3, 0.4) is 0 Å². The molecule has 1 heterocycles. The predicted molar refractivity (Wildman–Crippen MR) is 141 cm³/mol. The lowest BCUT2D eigenvalue weighted by Gasteiger charge is -2.08. The quantitative estimate of drug-likeness (QED) is 0.279. The summed E-state index contributed by atoms with van der Waals surface area (Å²) in [5.41, 5.74) is 2.92. The number of ether oxygens (including phenoxy) is 2. The second-order valence-electron chi connectivity index (χ2n) is 7.31. The molecule has 0 unspecified atom stereocenters. The average molecular weight is 506 g/mol. The molecule has 0 radical (unpaired) electrons. The zero-order valence-electron chi connectivity index (χ0n) is 19.1. The Hall–Kier alpha value is -3.82. The highest BCUT2D eigenvalue weighted by molar-refractivity contribution is 8.00. The van der Waals surface area contributed by atoms with Crippen LogP contribution in [0.1, 0.15) is 10.4 Å². The van der Waals surface area contributed by atoms with E-state index in [1.165, 1.54) is 23.1 Å². The van der Waals surface area contributed by atoms with Crippen LogP contribution >= 0.6 is 23.1 Å². The summed E-state index contributed by atoms with van der Waals surface area (Å²) < 4.78 is 10.3. The molecule has 0 aliphatic carbocycles. The molecular formula is C26H23N3O4S2. The molecule has 0 aliphatic rings. The molecule has 2 amide bonds. The monoisotopic (exact) mass is 505 g/mol. The minimum absolute atomic E-state index is 0.154. The molecule has 0 atom stereocenters. The van der Waals surface area contributed by atoms with Crippen molar-refractivity contribution in [2.75, 3.05) is 30.6 Å². The molecule has 7 nitrogen and oxygen atoms in total. The zero-order valence-corrected chi connectivity index (χ0v) is 20.7. The van der Waals surface area contributed by atoms with Gasteiger partial charge < -0.3 is 20.1 Å². The third-order valence-electron chi connectivity index (χ3n) is 4.95. The number of aromatic nitrogens is 1. The number of carbonyl (C=O) groups is 2. The van der Waals surface area contributed by atoms with E-state index in [-0.39, 0.29) is 17.6 Å². The summed E-state index contributed by atoms with van der Waals surface area (Å²) in [5, 5.41) is 8.17. The highest BCUT2D eigenvalue weighted by Crippen LogP contribution is 2.27. The third kappa shape index (κ3) is 6.62. The second-order valence-corrected chi connectivity index (χ2v) is 9.22. The first-order chi connectivity index (χ1) is 17.0. The smallest absolute Gasteiger partial charge is 0.255 e. The molecule has 0 spiro atoms. The van der Waals surface area contributed by atoms with Crippen molar-refractivity contribution in [1.82, 2.24) is 4.98 Å². The lowest BCUT2D eigenvalue weighted by Crippen LogP contribution is -2.14. The molecule has 2 N–H and O–H groups in total. The van der Waals surface area contributed by atoms with Gasteiger partial charge in [-0.3, -0.25) is 9.59 Å². The summed E-state index contributed by atoms with van der Waals surface area (Å²) in [5.74, 6) is 1.31. The fourth-order valence-electron chi connectivity index (χ4n) is 3.14. The fraction of sp³-hybridized carbons (Fsp3) is 0.115. The molecule has 35 heavy (non-hydrogen) atoms. The van der Waals surface area contributed by atoms with Gasteiger partial charge in [0.15, 0.2) is 5.13 Å². The summed E-state index contributed by atoms with van der Waals surface area (Å²) >= 11 is 2.75. The maximum atomic E-state index is 12.5. The van der Waals surface area contributed by atoms with Crippen LogP contribution in [0.25, 0.3) is 11.3 Å². The minimum atomic E-state index is -0.219. The Labute approximate surface area is 211 Å². The van der Waals surface area contributed by atoms with Gasteiger partial charge in [-0.2, -0.15) is 0 Å². The maximum Gasteiger partial charge on any atom is 0.255 e. The van der Waals surface area contributed by atoms with Crippen LogP contribution in [-0.2, 0) is 4.79 Å². The number of hydrogen-bond donors (Lipinski definition) is 2. The lowest BCUT2D eigenvalue weighted by atomic mass is 10.2. The molecule has 1 aromatic heterocycles. The average Bonchev–Trinajstić information content (AvgIpc) is 3.36. The number of nitrogens with zero attached hydrogens (tertiary/aromatic N) is 1. The molecule has 4 aromatic rings. The predicted octanol–water partition coefficient (Wildman–Crippen LogP) is 5.81. The summed E-state index contributed by atoms with van der Waals surface area (Å²) in [4.78, 5) is 30.3. The molecule has 0 fully saturated rings. The Morgan fingerprint density at radius 3 is 2.29 bits per heavy atom. The fourth-order valence-corrected chi connectivity index (χ4v) is 4.63. The Balaban J connectivity index is 1.30. The molecule has 0 saturated carbocycles. The third-order valence-corrected chi connectivity index (χ3v) is 6.70. The van der Waals surface area contributed by atoms with Crippen LogP contribution < -0.4 is 20.1 Å². The molecule has 0 bridgehead atoms. The number of thioether (sulfide) groups is 1. The largest absolute Gasteiger partial charge is 0.497 e. The number of thiazole rings is 1. The number of anilines is 2. The van der Waals surface area contributed by atoms with Gasteiger partial charge in [0, 0.05) is 27.1 Å².